The molecular formula is C7H14N2O. The van der Waals surface area contributed by atoms with Crippen molar-refractivity contribution in [1.29, 1.82) is 0 Å². The van der Waals surface area contributed by atoms with Gasteiger partial charge in [0.2, 0.25) is 5.90 Å². The van der Waals surface area contributed by atoms with E-state index in [-0.39, 0.29) is 6.04 Å². The molecule has 0 aliphatic rings. The molecule has 58 valence electrons. The number of methoxy groups -OCH3 is 1. The molecule has 3 heteroatoms. The Morgan fingerprint density at radius 3 is 2.40 bits per heavy atom. The molecule has 0 unspecified atom stereocenters. The van der Waals surface area contributed by atoms with Crippen molar-refractivity contribution in [3.63, 3.8) is 0 Å². The molecule has 0 radical (unpaired) electrons. The predicted octanol–water partition coefficient (Wildman–Crippen LogP) is 1.14. The lowest BCUT2D eigenvalue weighted by atomic mass is 10.4. The SMILES string of the molecule is C/N=C\C(=N/C(C)C)OC. The molecule has 0 fully saturated rings. The maximum atomic E-state index is 4.90. The molecule has 0 heterocycles. The summed E-state index contributed by atoms with van der Waals surface area (Å²) < 4.78 is 4.90. The molecule has 10 heavy (non-hydrogen) atoms. The number of ether oxygens (including phenoxy) is 1. The Hall–Kier alpha value is -0.860. The quantitative estimate of drug-likeness (QED) is 0.420. The lowest BCUT2D eigenvalue weighted by Crippen LogP contribution is -2.06. The highest BCUT2D eigenvalue weighted by Crippen LogP contribution is 1.87. The van der Waals surface area contributed by atoms with Crippen molar-refractivity contribution in [2.75, 3.05) is 14.2 Å². The highest BCUT2D eigenvalue weighted by molar-refractivity contribution is 6.26. The molecule has 0 aromatic carbocycles. The minimum atomic E-state index is 0.257. The van der Waals surface area contributed by atoms with E-state index >= 15 is 0 Å². The Balaban J connectivity index is 4.04. The van der Waals surface area contributed by atoms with Gasteiger partial charge in [-0.1, -0.05) is 0 Å². The largest absolute Gasteiger partial charge is 0.480 e. The molecule has 0 saturated carbocycles. The minimum absolute atomic E-state index is 0.257. The Labute approximate surface area is 61.8 Å². The van der Waals surface area contributed by atoms with Crippen LogP contribution in [-0.2, 0) is 4.74 Å². The number of hydrogen-bond donors (Lipinski definition) is 0. The van der Waals surface area contributed by atoms with Gasteiger partial charge in [-0.2, -0.15) is 0 Å². The third kappa shape index (κ3) is 4.06. The molecule has 3 nitrogen and oxygen atoms in total. The fraction of sp³-hybridized carbons (Fsp3) is 0.714. The zero-order valence-corrected chi connectivity index (χ0v) is 6.96. The van der Waals surface area contributed by atoms with Crippen molar-refractivity contribution in [2.24, 2.45) is 9.98 Å². The van der Waals surface area contributed by atoms with Gasteiger partial charge < -0.3 is 4.74 Å². The van der Waals surface area contributed by atoms with E-state index < -0.39 is 0 Å². The van der Waals surface area contributed by atoms with Crippen molar-refractivity contribution in [3.05, 3.63) is 0 Å². The van der Waals surface area contributed by atoms with E-state index in [0.29, 0.717) is 5.90 Å². The minimum Gasteiger partial charge on any atom is -0.480 e. The first-order valence-corrected chi connectivity index (χ1v) is 3.24. The van der Waals surface area contributed by atoms with Gasteiger partial charge in [-0.15, -0.1) is 0 Å². The van der Waals surface area contributed by atoms with Gasteiger partial charge in [0.25, 0.3) is 0 Å². The summed E-state index contributed by atoms with van der Waals surface area (Å²) in [4.78, 5) is 7.91. The lowest BCUT2D eigenvalue weighted by Gasteiger charge is -1.99. The van der Waals surface area contributed by atoms with Gasteiger partial charge in [0, 0.05) is 13.1 Å². The molecule has 0 atom stereocenters. The van der Waals surface area contributed by atoms with Gasteiger partial charge >= 0.3 is 0 Å². The molecular weight excluding hydrogens is 128 g/mol. The molecule has 0 N–H and O–H groups in total. The van der Waals surface area contributed by atoms with Crippen LogP contribution in [-0.4, -0.2) is 32.3 Å². The Bertz CT molecular complexity index is 139. The van der Waals surface area contributed by atoms with Crippen LogP contribution in [0.15, 0.2) is 9.98 Å². The van der Waals surface area contributed by atoms with Crippen LogP contribution in [0, 0.1) is 0 Å². The first-order chi connectivity index (χ1) is 4.70. The molecule has 0 rings (SSSR count). The molecule has 0 aromatic rings. The zero-order valence-electron chi connectivity index (χ0n) is 6.96. The van der Waals surface area contributed by atoms with Crippen LogP contribution < -0.4 is 0 Å². The Kier molecular flexibility index (Phi) is 4.54. The second-order valence-electron chi connectivity index (χ2n) is 2.15. The number of nitrogens with zero attached hydrogens (tertiary/aromatic N) is 2. The van der Waals surface area contributed by atoms with Gasteiger partial charge in [-0.05, 0) is 13.8 Å². The summed E-state index contributed by atoms with van der Waals surface area (Å²) in [5.41, 5.74) is 0. The smallest absolute Gasteiger partial charge is 0.227 e. The average Bonchev–Trinajstić information content (AvgIpc) is 1.86. The number of aliphatic imine (C=N–C) groups is 2. The molecule has 0 amide bonds. The monoisotopic (exact) mass is 142 g/mol. The molecule has 0 aliphatic carbocycles. The number of hydrogen-bond acceptors (Lipinski definition) is 3. The third-order valence-electron chi connectivity index (χ3n) is 0.834. The Morgan fingerprint density at radius 1 is 1.50 bits per heavy atom. The second kappa shape index (κ2) is 4.97. The van der Waals surface area contributed by atoms with Crippen LogP contribution >= 0.6 is 0 Å². The van der Waals surface area contributed by atoms with Crippen molar-refractivity contribution < 1.29 is 4.74 Å². The Morgan fingerprint density at radius 2 is 2.10 bits per heavy atom. The topological polar surface area (TPSA) is 34.0 Å². The van der Waals surface area contributed by atoms with Crippen LogP contribution in [0.5, 0.6) is 0 Å². The van der Waals surface area contributed by atoms with E-state index in [0.717, 1.165) is 0 Å². The van der Waals surface area contributed by atoms with Crippen molar-refractivity contribution in [2.45, 2.75) is 19.9 Å². The first kappa shape index (κ1) is 9.14. The van der Waals surface area contributed by atoms with Crippen molar-refractivity contribution >= 4 is 12.1 Å². The van der Waals surface area contributed by atoms with E-state index in [9.17, 15) is 0 Å². The van der Waals surface area contributed by atoms with Crippen LogP contribution in [0.1, 0.15) is 13.8 Å². The lowest BCUT2D eigenvalue weighted by molar-refractivity contribution is 0.408. The van der Waals surface area contributed by atoms with Crippen molar-refractivity contribution in [1.82, 2.24) is 0 Å². The predicted molar refractivity (Wildman–Crippen MR) is 44.0 cm³/mol. The molecule has 0 aliphatic heterocycles. The third-order valence-corrected chi connectivity index (χ3v) is 0.834. The fourth-order valence-corrected chi connectivity index (χ4v) is 0.504. The fourth-order valence-electron chi connectivity index (χ4n) is 0.504. The standard InChI is InChI=1S/C7H14N2O/c1-6(2)9-7(10-4)5-8-3/h5-6H,1-4H3/b8-5-,9-7+. The maximum Gasteiger partial charge on any atom is 0.227 e. The second-order valence-corrected chi connectivity index (χ2v) is 2.15. The van der Waals surface area contributed by atoms with Crippen LogP contribution in [0.3, 0.4) is 0 Å². The van der Waals surface area contributed by atoms with Gasteiger partial charge in [0.1, 0.15) is 0 Å². The first-order valence-electron chi connectivity index (χ1n) is 3.24. The summed E-state index contributed by atoms with van der Waals surface area (Å²) in [5, 5.41) is 0. The summed E-state index contributed by atoms with van der Waals surface area (Å²) in [6, 6.07) is 0.257. The highest BCUT2D eigenvalue weighted by atomic mass is 16.5. The van der Waals surface area contributed by atoms with Gasteiger partial charge in [-0.3, -0.25) is 4.99 Å². The maximum absolute atomic E-state index is 4.90. The van der Waals surface area contributed by atoms with E-state index in [1.165, 1.54) is 0 Å². The van der Waals surface area contributed by atoms with Crippen molar-refractivity contribution in [3.8, 4) is 0 Å². The van der Waals surface area contributed by atoms with Gasteiger partial charge in [0.05, 0.1) is 13.3 Å². The summed E-state index contributed by atoms with van der Waals surface area (Å²) in [6.07, 6.45) is 1.60. The van der Waals surface area contributed by atoms with Crippen LogP contribution in [0.2, 0.25) is 0 Å². The highest BCUT2D eigenvalue weighted by Gasteiger charge is 1.92. The molecule has 0 bridgehead atoms. The van der Waals surface area contributed by atoms with Crippen LogP contribution in [0.4, 0.5) is 0 Å². The van der Waals surface area contributed by atoms with E-state index in [1.807, 2.05) is 13.8 Å². The summed E-state index contributed by atoms with van der Waals surface area (Å²) in [5.74, 6) is 0.581. The molecule has 0 aromatic heterocycles. The summed E-state index contributed by atoms with van der Waals surface area (Å²) >= 11 is 0. The van der Waals surface area contributed by atoms with Gasteiger partial charge in [-0.25, -0.2) is 4.99 Å². The normalized spacial score (nSPS) is 13.1. The zero-order chi connectivity index (χ0) is 7.98. The van der Waals surface area contributed by atoms with E-state index in [4.69, 9.17) is 4.74 Å². The van der Waals surface area contributed by atoms with Gasteiger partial charge in [0.15, 0.2) is 0 Å². The molecule has 0 saturated heterocycles. The summed E-state index contributed by atoms with van der Waals surface area (Å²) in [6.45, 7) is 3.98. The average molecular weight is 142 g/mol. The van der Waals surface area contributed by atoms with Crippen LogP contribution in [0.25, 0.3) is 0 Å². The summed E-state index contributed by atoms with van der Waals surface area (Å²) in [7, 11) is 3.28. The van der Waals surface area contributed by atoms with E-state index in [2.05, 4.69) is 9.98 Å². The molecule has 0 spiro atoms. The van der Waals surface area contributed by atoms with E-state index in [1.54, 1.807) is 20.4 Å². The number of rotatable bonds is 2.